The Morgan fingerprint density at radius 2 is 1.93 bits per heavy atom. The highest BCUT2D eigenvalue weighted by atomic mass is 35.5. The number of anilines is 1. The Bertz CT molecular complexity index is 1020. The maximum absolute atomic E-state index is 13.9. The third kappa shape index (κ3) is 4.37. The van der Waals surface area contributed by atoms with Crippen molar-refractivity contribution in [3.8, 4) is 11.3 Å². The molecule has 3 aromatic rings. The molecule has 0 radical (unpaired) electrons. The van der Waals surface area contributed by atoms with Gasteiger partial charge < -0.3 is 15.2 Å². The normalized spacial score (nSPS) is 10.5. The third-order valence-electron chi connectivity index (χ3n) is 3.89. The lowest BCUT2D eigenvalue weighted by Gasteiger charge is -2.11. The topological polar surface area (TPSA) is 84.2 Å². The number of carbonyl (C=O) groups excluding carboxylic acids is 2. The number of benzene rings is 2. The minimum atomic E-state index is -0.613. The molecule has 0 saturated heterocycles. The molecule has 0 aliphatic rings. The summed E-state index contributed by atoms with van der Waals surface area (Å²) in [6.07, 6.45) is 0.777. The molecule has 8 heteroatoms. The van der Waals surface area contributed by atoms with E-state index in [-0.39, 0.29) is 34.2 Å². The standard InChI is InChI=1S/C20H17ClFN3O3/c1-2-9-23-19(26)14-8-7-12(21)10-16(14)24-20(27)17-11-18(28-25-17)13-5-3-4-6-15(13)22/h3-8,10-11H,2,9H2,1H3,(H,23,26)(H,24,27). The van der Waals surface area contributed by atoms with Crippen molar-refractivity contribution in [2.45, 2.75) is 13.3 Å². The largest absolute Gasteiger partial charge is 0.355 e. The number of rotatable bonds is 6. The molecular weight excluding hydrogens is 385 g/mol. The lowest BCUT2D eigenvalue weighted by Crippen LogP contribution is -2.25. The number of nitrogens with one attached hydrogen (secondary N) is 2. The smallest absolute Gasteiger partial charge is 0.277 e. The summed E-state index contributed by atoms with van der Waals surface area (Å²) in [6, 6.07) is 11.9. The highest BCUT2D eigenvalue weighted by Gasteiger charge is 2.19. The summed E-state index contributed by atoms with van der Waals surface area (Å²) in [4.78, 5) is 24.8. The van der Waals surface area contributed by atoms with Gasteiger partial charge in [-0.25, -0.2) is 4.39 Å². The van der Waals surface area contributed by atoms with Gasteiger partial charge in [0.2, 0.25) is 0 Å². The van der Waals surface area contributed by atoms with Crippen LogP contribution in [0.2, 0.25) is 5.02 Å². The van der Waals surface area contributed by atoms with Crippen LogP contribution < -0.4 is 10.6 Å². The van der Waals surface area contributed by atoms with Crippen molar-refractivity contribution in [2.24, 2.45) is 0 Å². The summed E-state index contributed by atoms with van der Waals surface area (Å²) in [5, 5.41) is 9.39. The fraction of sp³-hybridized carbons (Fsp3) is 0.150. The number of nitrogens with zero attached hydrogens (tertiary/aromatic N) is 1. The molecule has 0 fully saturated rings. The van der Waals surface area contributed by atoms with Gasteiger partial charge in [-0.05, 0) is 36.8 Å². The summed E-state index contributed by atoms with van der Waals surface area (Å²) in [5.74, 6) is -1.32. The lowest BCUT2D eigenvalue weighted by atomic mass is 10.1. The Kier molecular flexibility index (Phi) is 6.06. The fourth-order valence-corrected chi connectivity index (χ4v) is 2.68. The minimum absolute atomic E-state index is 0.0573. The van der Waals surface area contributed by atoms with Crippen molar-refractivity contribution in [2.75, 3.05) is 11.9 Å². The fourth-order valence-electron chi connectivity index (χ4n) is 2.51. The number of aromatic nitrogens is 1. The molecule has 1 heterocycles. The zero-order valence-electron chi connectivity index (χ0n) is 15.0. The molecule has 0 bridgehead atoms. The molecule has 2 aromatic carbocycles. The van der Waals surface area contributed by atoms with E-state index in [0.717, 1.165) is 6.42 Å². The third-order valence-corrected chi connectivity index (χ3v) is 4.13. The van der Waals surface area contributed by atoms with Crippen LogP contribution in [0.25, 0.3) is 11.3 Å². The van der Waals surface area contributed by atoms with Crippen LogP contribution in [-0.2, 0) is 0 Å². The predicted molar refractivity (Wildman–Crippen MR) is 104 cm³/mol. The molecule has 2 amide bonds. The van der Waals surface area contributed by atoms with Gasteiger partial charge in [-0.1, -0.05) is 35.8 Å². The molecule has 0 atom stereocenters. The number of carbonyl (C=O) groups is 2. The highest BCUT2D eigenvalue weighted by Crippen LogP contribution is 2.25. The summed E-state index contributed by atoms with van der Waals surface area (Å²) in [7, 11) is 0. The lowest BCUT2D eigenvalue weighted by molar-refractivity contribution is 0.0954. The van der Waals surface area contributed by atoms with Crippen molar-refractivity contribution >= 4 is 29.1 Å². The van der Waals surface area contributed by atoms with Crippen LogP contribution >= 0.6 is 11.6 Å². The van der Waals surface area contributed by atoms with E-state index in [4.69, 9.17) is 16.1 Å². The molecule has 6 nitrogen and oxygen atoms in total. The predicted octanol–water partition coefficient (Wildman–Crippen LogP) is 4.53. The molecule has 2 N–H and O–H groups in total. The summed E-state index contributed by atoms with van der Waals surface area (Å²) in [5.41, 5.74) is 0.639. The van der Waals surface area contributed by atoms with Crippen molar-refractivity contribution < 1.29 is 18.5 Å². The van der Waals surface area contributed by atoms with E-state index in [1.807, 2.05) is 6.92 Å². The van der Waals surface area contributed by atoms with E-state index in [9.17, 15) is 14.0 Å². The van der Waals surface area contributed by atoms with Gasteiger partial charge in [0.1, 0.15) is 5.82 Å². The van der Waals surface area contributed by atoms with Crippen LogP contribution in [0.15, 0.2) is 53.1 Å². The van der Waals surface area contributed by atoms with Crippen molar-refractivity contribution in [3.63, 3.8) is 0 Å². The van der Waals surface area contributed by atoms with Gasteiger partial charge in [-0.3, -0.25) is 9.59 Å². The number of hydrogen-bond donors (Lipinski definition) is 2. The summed E-state index contributed by atoms with van der Waals surface area (Å²) in [6.45, 7) is 2.44. The van der Waals surface area contributed by atoms with Crippen LogP contribution in [0.3, 0.4) is 0 Å². The van der Waals surface area contributed by atoms with Gasteiger partial charge in [0, 0.05) is 17.6 Å². The second-order valence-electron chi connectivity index (χ2n) is 5.96. The molecule has 0 unspecified atom stereocenters. The molecule has 0 aliphatic carbocycles. The van der Waals surface area contributed by atoms with E-state index in [1.54, 1.807) is 18.2 Å². The average Bonchev–Trinajstić information content (AvgIpc) is 3.16. The van der Waals surface area contributed by atoms with Crippen molar-refractivity contribution in [1.29, 1.82) is 0 Å². The Hall–Kier alpha value is -3.19. The van der Waals surface area contributed by atoms with Gasteiger partial charge in [-0.2, -0.15) is 0 Å². The van der Waals surface area contributed by atoms with Crippen LogP contribution in [-0.4, -0.2) is 23.5 Å². The SMILES string of the molecule is CCCNC(=O)c1ccc(Cl)cc1NC(=O)c1cc(-c2ccccc2F)on1. The van der Waals surface area contributed by atoms with Gasteiger partial charge in [-0.15, -0.1) is 0 Å². The first-order valence-electron chi connectivity index (χ1n) is 8.60. The second kappa shape index (κ2) is 8.67. The number of hydrogen-bond acceptors (Lipinski definition) is 4. The molecule has 0 saturated carbocycles. The average molecular weight is 402 g/mol. The Labute approximate surface area is 165 Å². The number of amides is 2. The zero-order valence-corrected chi connectivity index (χ0v) is 15.7. The van der Waals surface area contributed by atoms with Gasteiger partial charge in [0.15, 0.2) is 11.5 Å². The van der Waals surface area contributed by atoms with E-state index in [2.05, 4.69) is 15.8 Å². The quantitative estimate of drug-likeness (QED) is 0.635. The van der Waals surface area contributed by atoms with Crippen LogP contribution in [0.4, 0.5) is 10.1 Å². The first-order chi connectivity index (χ1) is 13.5. The molecule has 0 spiro atoms. The van der Waals surface area contributed by atoms with Crippen molar-refractivity contribution in [3.05, 3.63) is 70.6 Å². The summed E-state index contributed by atoms with van der Waals surface area (Å²) < 4.78 is 19.0. The van der Waals surface area contributed by atoms with Crippen LogP contribution in [0.1, 0.15) is 34.2 Å². The van der Waals surface area contributed by atoms with E-state index in [0.29, 0.717) is 11.6 Å². The highest BCUT2D eigenvalue weighted by molar-refractivity contribution is 6.31. The molecule has 0 aliphatic heterocycles. The molecule has 3 rings (SSSR count). The first-order valence-corrected chi connectivity index (χ1v) is 8.98. The van der Waals surface area contributed by atoms with Crippen molar-refractivity contribution in [1.82, 2.24) is 10.5 Å². The Morgan fingerprint density at radius 3 is 2.68 bits per heavy atom. The Balaban J connectivity index is 1.83. The molecule has 28 heavy (non-hydrogen) atoms. The minimum Gasteiger partial charge on any atom is -0.355 e. The van der Waals surface area contributed by atoms with E-state index >= 15 is 0 Å². The maximum atomic E-state index is 13.9. The van der Waals surface area contributed by atoms with Gasteiger partial charge in [0.05, 0.1) is 16.8 Å². The van der Waals surface area contributed by atoms with E-state index < -0.39 is 11.7 Å². The van der Waals surface area contributed by atoms with Gasteiger partial charge >= 0.3 is 0 Å². The number of halogens is 2. The monoisotopic (exact) mass is 401 g/mol. The Morgan fingerprint density at radius 1 is 1.14 bits per heavy atom. The van der Waals surface area contributed by atoms with E-state index in [1.165, 1.54) is 30.3 Å². The summed E-state index contributed by atoms with van der Waals surface area (Å²) >= 11 is 6.00. The van der Waals surface area contributed by atoms with Crippen LogP contribution in [0.5, 0.6) is 0 Å². The zero-order chi connectivity index (χ0) is 20.1. The first kappa shape index (κ1) is 19.6. The molecule has 144 valence electrons. The maximum Gasteiger partial charge on any atom is 0.277 e. The van der Waals surface area contributed by atoms with Gasteiger partial charge in [0.25, 0.3) is 11.8 Å². The molecular formula is C20H17ClFN3O3. The molecule has 1 aromatic heterocycles. The van der Waals surface area contributed by atoms with Crippen LogP contribution in [0, 0.1) is 5.82 Å². The second-order valence-corrected chi connectivity index (χ2v) is 6.39.